The summed E-state index contributed by atoms with van der Waals surface area (Å²) in [5, 5.41) is 27.5. The van der Waals surface area contributed by atoms with E-state index in [9.17, 15) is 14.3 Å². The van der Waals surface area contributed by atoms with Crippen molar-refractivity contribution in [3.05, 3.63) is 34.6 Å². The maximum absolute atomic E-state index is 14.4. The van der Waals surface area contributed by atoms with Crippen LogP contribution in [0.1, 0.15) is 54.3 Å². The second-order valence-corrected chi connectivity index (χ2v) is 7.13. The van der Waals surface area contributed by atoms with Crippen LogP contribution in [0.5, 0.6) is 0 Å². The molecular formula is C17H23BFNO4. The highest BCUT2D eigenvalue weighted by molar-refractivity contribution is 6.40. The van der Waals surface area contributed by atoms with E-state index in [2.05, 4.69) is 0 Å². The number of hydrogen-bond donors (Lipinski definition) is 4. The quantitative estimate of drug-likeness (QED) is 0.569. The number of aliphatic carboxylic acids is 1. The van der Waals surface area contributed by atoms with E-state index < -0.39 is 19.0 Å². The number of nitrogens with two attached hydrogens (primary N) is 1. The highest BCUT2D eigenvalue weighted by Crippen LogP contribution is 2.45. The molecule has 3 unspecified atom stereocenters. The lowest BCUT2D eigenvalue weighted by molar-refractivity contribution is -0.139. The predicted octanol–water partition coefficient (Wildman–Crippen LogP) is 1.83. The normalized spacial score (nSPS) is 23.8. The second-order valence-electron chi connectivity index (χ2n) is 7.13. The van der Waals surface area contributed by atoms with Crippen LogP contribution in [0.3, 0.4) is 0 Å². The number of hydrogen-bond acceptors (Lipinski definition) is 4. The Morgan fingerprint density at radius 1 is 1.38 bits per heavy atom. The van der Waals surface area contributed by atoms with Crippen molar-refractivity contribution >= 4 is 13.1 Å². The maximum Gasteiger partial charge on any atom is 0.451 e. The lowest BCUT2D eigenvalue weighted by atomic mass is 9.80. The molecule has 0 spiro atoms. The Kier molecular flexibility index (Phi) is 4.94. The minimum atomic E-state index is -1.38. The monoisotopic (exact) mass is 335 g/mol. The molecule has 7 heteroatoms. The molecule has 1 fully saturated rings. The van der Waals surface area contributed by atoms with Crippen LogP contribution in [0.4, 0.5) is 4.39 Å². The molecule has 1 aromatic rings. The van der Waals surface area contributed by atoms with Crippen LogP contribution < -0.4 is 5.73 Å². The van der Waals surface area contributed by atoms with Gasteiger partial charge in [0.05, 0.1) is 5.92 Å². The highest BCUT2D eigenvalue weighted by Gasteiger charge is 2.39. The van der Waals surface area contributed by atoms with Gasteiger partial charge in [0.15, 0.2) is 0 Å². The van der Waals surface area contributed by atoms with Gasteiger partial charge in [0.25, 0.3) is 0 Å². The minimum absolute atomic E-state index is 0.150. The predicted molar refractivity (Wildman–Crippen MR) is 87.9 cm³/mol. The summed E-state index contributed by atoms with van der Waals surface area (Å²) in [4.78, 5) is 11.8. The van der Waals surface area contributed by atoms with Gasteiger partial charge in [-0.2, -0.15) is 0 Å². The summed E-state index contributed by atoms with van der Waals surface area (Å²) in [7, 11) is -1.38. The van der Waals surface area contributed by atoms with Gasteiger partial charge in [-0.25, -0.2) is 4.39 Å². The molecule has 1 saturated carbocycles. The Balaban J connectivity index is 1.83. The summed E-state index contributed by atoms with van der Waals surface area (Å²) < 4.78 is 14.4. The molecular weight excluding hydrogens is 312 g/mol. The first-order valence-electron chi connectivity index (χ1n) is 8.55. The van der Waals surface area contributed by atoms with E-state index in [-0.39, 0.29) is 24.1 Å². The smallest absolute Gasteiger partial charge is 0.451 e. The van der Waals surface area contributed by atoms with Crippen LogP contribution in [-0.4, -0.2) is 28.2 Å². The second kappa shape index (κ2) is 6.82. The number of benzene rings is 1. The van der Waals surface area contributed by atoms with Crippen LogP contribution >= 0.6 is 0 Å². The van der Waals surface area contributed by atoms with Crippen molar-refractivity contribution in [3.8, 4) is 0 Å². The summed E-state index contributed by atoms with van der Waals surface area (Å²) >= 11 is 0. The molecule has 0 amide bonds. The summed E-state index contributed by atoms with van der Waals surface area (Å²) in [6.45, 7) is 0. The largest absolute Gasteiger partial charge is 0.481 e. The van der Waals surface area contributed by atoms with Crippen molar-refractivity contribution < 1.29 is 24.3 Å². The standard InChI is InChI=1S/C17H23BFNO4/c19-14-7-11-6-10(2-1-5-18(23)24)15(17(21)22)12(11)8-13(14)16(20)9-3-4-9/h7-10,15-16,23-24H,1-6,20H2,(H,21,22). The van der Waals surface area contributed by atoms with Gasteiger partial charge in [0.1, 0.15) is 5.82 Å². The molecule has 3 rings (SSSR count). The van der Waals surface area contributed by atoms with Crippen molar-refractivity contribution in [2.24, 2.45) is 17.6 Å². The van der Waals surface area contributed by atoms with Crippen molar-refractivity contribution in [2.75, 3.05) is 0 Å². The van der Waals surface area contributed by atoms with Gasteiger partial charge in [-0.15, -0.1) is 0 Å². The lowest BCUT2D eigenvalue weighted by Gasteiger charge is -2.18. The Hall–Kier alpha value is -1.44. The first kappa shape index (κ1) is 17.4. The van der Waals surface area contributed by atoms with Gasteiger partial charge < -0.3 is 20.9 Å². The molecule has 0 saturated heterocycles. The fourth-order valence-corrected chi connectivity index (χ4v) is 3.90. The molecule has 1 aromatic carbocycles. The summed E-state index contributed by atoms with van der Waals surface area (Å²) in [5.74, 6) is -1.79. The van der Waals surface area contributed by atoms with Crippen LogP contribution in [0.2, 0.25) is 6.32 Å². The zero-order chi connectivity index (χ0) is 17.4. The van der Waals surface area contributed by atoms with E-state index in [1.165, 1.54) is 6.07 Å². The summed E-state index contributed by atoms with van der Waals surface area (Å²) in [6, 6.07) is 2.74. The fourth-order valence-electron chi connectivity index (χ4n) is 3.90. The zero-order valence-electron chi connectivity index (χ0n) is 13.5. The number of carboxylic acid groups (broad SMARTS) is 1. The van der Waals surface area contributed by atoms with Gasteiger partial charge >= 0.3 is 13.1 Å². The SMILES string of the molecule is NC(c1cc2c(cc1F)CC(CCCB(O)O)C2C(=O)O)C1CC1. The van der Waals surface area contributed by atoms with Gasteiger partial charge in [0.2, 0.25) is 0 Å². The molecule has 130 valence electrons. The number of carboxylic acids is 1. The highest BCUT2D eigenvalue weighted by atomic mass is 19.1. The molecule has 0 radical (unpaired) electrons. The number of rotatable bonds is 7. The van der Waals surface area contributed by atoms with E-state index in [4.69, 9.17) is 15.8 Å². The molecule has 24 heavy (non-hydrogen) atoms. The molecule has 2 aliphatic rings. The van der Waals surface area contributed by atoms with Crippen molar-refractivity contribution in [2.45, 2.75) is 50.4 Å². The van der Waals surface area contributed by atoms with Crippen LogP contribution in [0.25, 0.3) is 0 Å². The van der Waals surface area contributed by atoms with E-state index in [1.807, 2.05) is 0 Å². The number of fused-ring (bicyclic) bond motifs is 1. The number of halogens is 1. The average molecular weight is 335 g/mol. The minimum Gasteiger partial charge on any atom is -0.481 e. The Labute approximate surface area is 140 Å². The van der Waals surface area contributed by atoms with E-state index >= 15 is 0 Å². The van der Waals surface area contributed by atoms with Gasteiger partial charge in [0, 0.05) is 11.6 Å². The molecule has 0 heterocycles. The Morgan fingerprint density at radius 2 is 2.08 bits per heavy atom. The fraction of sp³-hybridized carbons (Fsp3) is 0.588. The Bertz CT molecular complexity index is 635. The molecule has 0 aromatic heterocycles. The van der Waals surface area contributed by atoms with Gasteiger partial charge in [-0.3, -0.25) is 4.79 Å². The van der Waals surface area contributed by atoms with E-state index in [0.29, 0.717) is 36.3 Å². The average Bonchev–Trinajstić information content (AvgIpc) is 3.27. The first-order valence-corrected chi connectivity index (χ1v) is 8.55. The van der Waals surface area contributed by atoms with Crippen molar-refractivity contribution in [1.29, 1.82) is 0 Å². The van der Waals surface area contributed by atoms with E-state index in [0.717, 1.165) is 18.4 Å². The Morgan fingerprint density at radius 3 is 2.67 bits per heavy atom. The molecule has 0 bridgehead atoms. The molecule has 2 aliphatic carbocycles. The molecule has 3 atom stereocenters. The first-order chi connectivity index (χ1) is 11.4. The zero-order valence-corrected chi connectivity index (χ0v) is 13.5. The van der Waals surface area contributed by atoms with Gasteiger partial charge in [-0.05, 0) is 61.0 Å². The summed E-state index contributed by atoms with van der Waals surface area (Å²) in [6.07, 6.45) is 3.79. The summed E-state index contributed by atoms with van der Waals surface area (Å²) in [5.41, 5.74) is 7.95. The number of carbonyl (C=O) groups is 1. The van der Waals surface area contributed by atoms with E-state index in [1.54, 1.807) is 6.07 Å². The van der Waals surface area contributed by atoms with Crippen LogP contribution in [0.15, 0.2) is 12.1 Å². The molecule has 0 aliphatic heterocycles. The van der Waals surface area contributed by atoms with Crippen molar-refractivity contribution in [3.63, 3.8) is 0 Å². The topological polar surface area (TPSA) is 104 Å². The maximum atomic E-state index is 14.4. The molecule has 5 nitrogen and oxygen atoms in total. The third-order valence-corrected chi connectivity index (χ3v) is 5.34. The van der Waals surface area contributed by atoms with Gasteiger partial charge in [-0.1, -0.05) is 12.5 Å². The lowest BCUT2D eigenvalue weighted by Crippen LogP contribution is -2.19. The van der Waals surface area contributed by atoms with Crippen LogP contribution in [0, 0.1) is 17.7 Å². The molecule has 5 N–H and O–H groups in total. The van der Waals surface area contributed by atoms with Crippen LogP contribution in [-0.2, 0) is 11.2 Å². The van der Waals surface area contributed by atoms with Crippen molar-refractivity contribution in [1.82, 2.24) is 0 Å². The third kappa shape index (κ3) is 3.48. The third-order valence-electron chi connectivity index (χ3n) is 5.34.